The van der Waals surface area contributed by atoms with Crippen LogP contribution in [0, 0.1) is 5.82 Å². The van der Waals surface area contributed by atoms with Crippen LogP contribution in [0.25, 0.3) is 0 Å². The Morgan fingerprint density at radius 1 is 1.28 bits per heavy atom. The highest BCUT2D eigenvalue weighted by Gasteiger charge is 2.15. The third kappa shape index (κ3) is 2.15. The van der Waals surface area contributed by atoms with Gasteiger partial charge in [0.05, 0.1) is 17.0 Å². The zero-order chi connectivity index (χ0) is 12.5. The molecule has 0 saturated carbocycles. The maximum absolute atomic E-state index is 13.1. The van der Waals surface area contributed by atoms with Crippen LogP contribution in [-0.4, -0.2) is 9.55 Å². The molecule has 2 nitrogen and oxygen atoms in total. The van der Waals surface area contributed by atoms with E-state index in [9.17, 15) is 4.39 Å². The molecule has 0 unspecified atom stereocenters. The van der Waals surface area contributed by atoms with Crippen LogP contribution < -0.4 is 0 Å². The molecule has 0 spiro atoms. The smallest absolute Gasteiger partial charge is 0.141 e. The summed E-state index contributed by atoms with van der Waals surface area (Å²) in [4.78, 5) is 4.45. The number of halogens is 2. The maximum atomic E-state index is 13.1. The monoisotopic (exact) mass is 264 g/mol. The minimum atomic E-state index is -0.368. The molecule has 0 fully saturated rings. The first-order chi connectivity index (χ1) is 8.74. The van der Waals surface area contributed by atoms with Crippen LogP contribution in [-0.2, 0) is 19.4 Å². The molecule has 0 aliphatic heterocycles. The van der Waals surface area contributed by atoms with Gasteiger partial charge in [-0.1, -0.05) is 17.7 Å². The Morgan fingerprint density at radius 3 is 2.94 bits per heavy atom. The molecule has 1 aliphatic carbocycles. The van der Waals surface area contributed by atoms with Crippen molar-refractivity contribution >= 4 is 11.6 Å². The van der Waals surface area contributed by atoms with Crippen LogP contribution >= 0.6 is 11.6 Å². The molecule has 94 valence electrons. The minimum absolute atomic E-state index is 0.182. The molecule has 1 aromatic carbocycles. The molecular formula is C14H14ClFN2. The summed E-state index contributed by atoms with van der Waals surface area (Å²) in [6.45, 7) is 0.711. The average molecular weight is 265 g/mol. The lowest BCUT2D eigenvalue weighted by Crippen LogP contribution is -2.09. The molecule has 0 atom stereocenters. The van der Waals surface area contributed by atoms with Gasteiger partial charge in [0.1, 0.15) is 5.82 Å². The quantitative estimate of drug-likeness (QED) is 0.810. The van der Waals surface area contributed by atoms with Crippen LogP contribution in [0.15, 0.2) is 24.5 Å². The summed E-state index contributed by atoms with van der Waals surface area (Å²) in [5.41, 5.74) is 3.54. The Hall–Kier alpha value is -1.35. The fourth-order valence-corrected chi connectivity index (χ4v) is 2.71. The molecule has 3 rings (SSSR count). The SMILES string of the molecule is Fc1ccc(Cn2cnc3c2CCCC3)cc1Cl. The van der Waals surface area contributed by atoms with Gasteiger partial charge in [0.2, 0.25) is 0 Å². The fourth-order valence-electron chi connectivity index (χ4n) is 2.50. The Balaban J connectivity index is 1.88. The second-order valence-corrected chi connectivity index (χ2v) is 5.13. The molecule has 1 aliphatic rings. The van der Waals surface area contributed by atoms with Gasteiger partial charge in [-0.3, -0.25) is 0 Å². The third-order valence-electron chi connectivity index (χ3n) is 3.45. The predicted octanol–water partition coefficient (Wildman–Crippen LogP) is 3.60. The van der Waals surface area contributed by atoms with E-state index in [0.717, 1.165) is 18.4 Å². The molecule has 2 aromatic rings. The summed E-state index contributed by atoms with van der Waals surface area (Å²) >= 11 is 5.80. The Morgan fingerprint density at radius 2 is 2.11 bits per heavy atom. The molecule has 0 saturated heterocycles. The number of rotatable bonds is 2. The van der Waals surface area contributed by atoms with Gasteiger partial charge in [-0.05, 0) is 43.4 Å². The minimum Gasteiger partial charge on any atom is -0.330 e. The van der Waals surface area contributed by atoms with Gasteiger partial charge in [-0.25, -0.2) is 9.37 Å². The molecule has 0 bridgehead atoms. The number of fused-ring (bicyclic) bond motifs is 1. The molecule has 18 heavy (non-hydrogen) atoms. The van der Waals surface area contributed by atoms with Crippen molar-refractivity contribution in [1.82, 2.24) is 9.55 Å². The van der Waals surface area contributed by atoms with Crippen molar-refractivity contribution in [3.05, 3.63) is 52.3 Å². The van der Waals surface area contributed by atoms with E-state index in [1.807, 2.05) is 6.33 Å². The number of nitrogens with zero attached hydrogens (tertiary/aromatic N) is 2. The summed E-state index contributed by atoms with van der Waals surface area (Å²) in [6.07, 6.45) is 6.50. The zero-order valence-corrected chi connectivity index (χ0v) is 10.8. The molecule has 1 aromatic heterocycles. The predicted molar refractivity (Wildman–Crippen MR) is 69.4 cm³/mol. The lowest BCUT2D eigenvalue weighted by atomic mass is 10.0. The van der Waals surface area contributed by atoms with Gasteiger partial charge < -0.3 is 4.57 Å². The normalized spacial score (nSPS) is 14.6. The van der Waals surface area contributed by atoms with Crippen molar-refractivity contribution in [1.29, 1.82) is 0 Å². The van der Waals surface area contributed by atoms with Gasteiger partial charge in [-0.15, -0.1) is 0 Å². The Labute approximate surface area is 110 Å². The highest BCUT2D eigenvalue weighted by atomic mass is 35.5. The van der Waals surface area contributed by atoms with Gasteiger partial charge in [0.25, 0.3) is 0 Å². The summed E-state index contributed by atoms with van der Waals surface area (Å²) in [5, 5.41) is 0.182. The Kier molecular flexibility index (Phi) is 3.08. The molecular weight excluding hydrogens is 251 g/mol. The van der Waals surface area contributed by atoms with Gasteiger partial charge in [0.15, 0.2) is 0 Å². The first-order valence-corrected chi connectivity index (χ1v) is 6.58. The van der Waals surface area contributed by atoms with Crippen molar-refractivity contribution in [3.63, 3.8) is 0 Å². The summed E-state index contributed by atoms with van der Waals surface area (Å²) < 4.78 is 15.3. The van der Waals surface area contributed by atoms with Crippen LogP contribution in [0.2, 0.25) is 5.02 Å². The second kappa shape index (κ2) is 4.73. The average Bonchev–Trinajstić information content (AvgIpc) is 2.78. The van der Waals surface area contributed by atoms with Gasteiger partial charge in [-0.2, -0.15) is 0 Å². The zero-order valence-electron chi connectivity index (χ0n) is 10.00. The van der Waals surface area contributed by atoms with E-state index < -0.39 is 0 Å². The van der Waals surface area contributed by atoms with E-state index in [-0.39, 0.29) is 10.8 Å². The molecule has 0 amide bonds. The molecule has 1 heterocycles. The van der Waals surface area contributed by atoms with Gasteiger partial charge >= 0.3 is 0 Å². The first kappa shape index (κ1) is 11.7. The number of hydrogen-bond acceptors (Lipinski definition) is 1. The topological polar surface area (TPSA) is 17.8 Å². The molecule has 0 radical (unpaired) electrons. The summed E-state index contributed by atoms with van der Waals surface area (Å²) in [7, 11) is 0. The highest BCUT2D eigenvalue weighted by Crippen LogP contribution is 2.22. The Bertz CT molecular complexity index is 577. The lowest BCUT2D eigenvalue weighted by Gasteiger charge is -2.14. The number of imidazole rings is 1. The maximum Gasteiger partial charge on any atom is 0.141 e. The first-order valence-electron chi connectivity index (χ1n) is 6.21. The van der Waals surface area contributed by atoms with Crippen molar-refractivity contribution in [2.75, 3.05) is 0 Å². The standard InChI is InChI=1S/C14H14ClFN2/c15-11-7-10(5-6-12(11)16)8-18-9-17-13-3-1-2-4-14(13)18/h5-7,9H,1-4,8H2. The fraction of sp³-hybridized carbons (Fsp3) is 0.357. The second-order valence-electron chi connectivity index (χ2n) is 4.72. The van der Waals surface area contributed by atoms with Crippen LogP contribution in [0.1, 0.15) is 29.8 Å². The third-order valence-corrected chi connectivity index (χ3v) is 3.74. The van der Waals surface area contributed by atoms with Crippen LogP contribution in [0.5, 0.6) is 0 Å². The number of benzene rings is 1. The van der Waals surface area contributed by atoms with Crippen molar-refractivity contribution in [3.8, 4) is 0 Å². The van der Waals surface area contributed by atoms with Gasteiger partial charge in [0, 0.05) is 12.2 Å². The lowest BCUT2D eigenvalue weighted by molar-refractivity contribution is 0.620. The molecule has 0 N–H and O–H groups in total. The number of aryl methyl sites for hydroxylation is 1. The molecule has 4 heteroatoms. The summed E-state index contributed by atoms with van der Waals surface area (Å²) in [6, 6.07) is 4.88. The van der Waals surface area contributed by atoms with Crippen molar-refractivity contribution in [2.45, 2.75) is 32.2 Å². The van der Waals surface area contributed by atoms with E-state index in [4.69, 9.17) is 11.6 Å². The van der Waals surface area contributed by atoms with E-state index in [1.165, 1.54) is 30.3 Å². The van der Waals surface area contributed by atoms with Crippen LogP contribution in [0.3, 0.4) is 0 Å². The van der Waals surface area contributed by atoms with E-state index >= 15 is 0 Å². The van der Waals surface area contributed by atoms with Crippen molar-refractivity contribution in [2.24, 2.45) is 0 Å². The highest BCUT2D eigenvalue weighted by molar-refractivity contribution is 6.30. The number of aromatic nitrogens is 2. The van der Waals surface area contributed by atoms with E-state index in [1.54, 1.807) is 12.1 Å². The van der Waals surface area contributed by atoms with Crippen molar-refractivity contribution < 1.29 is 4.39 Å². The van der Waals surface area contributed by atoms with Crippen LogP contribution in [0.4, 0.5) is 4.39 Å². The summed E-state index contributed by atoms with van der Waals surface area (Å²) in [5.74, 6) is -0.368. The van der Waals surface area contributed by atoms with E-state index in [2.05, 4.69) is 9.55 Å². The largest absolute Gasteiger partial charge is 0.330 e. The van der Waals surface area contributed by atoms with E-state index in [0.29, 0.717) is 6.54 Å². The number of hydrogen-bond donors (Lipinski definition) is 0.